The van der Waals surface area contributed by atoms with Crippen LogP contribution in [0.4, 0.5) is 5.82 Å². The predicted octanol–water partition coefficient (Wildman–Crippen LogP) is 1.19. The van der Waals surface area contributed by atoms with E-state index in [1.807, 2.05) is 29.8 Å². The lowest BCUT2D eigenvalue weighted by Crippen LogP contribution is -2.25. The highest BCUT2D eigenvalue weighted by atomic mass is 32.1. The fourth-order valence-electron chi connectivity index (χ4n) is 1.43. The van der Waals surface area contributed by atoms with Crippen molar-refractivity contribution in [3.8, 4) is 5.06 Å². The molecule has 70 valence electrons. The maximum atomic E-state index is 9.29. The van der Waals surface area contributed by atoms with Crippen LogP contribution < -0.4 is 10.7 Å². The molecule has 0 aliphatic heterocycles. The molecule has 3 N–H and O–H groups in total. The van der Waals surface area contributed by atoms with Crippen molar-refractivity contribution in [2.24, 2.45) is 0 Å². The van der Waals surface area contributed by atoms with Crippen molar-refractivity contribution in [3.05, 3.63) is 12.1 Å². The molecule has 0 amide bonds. The Morgan fingerprint density at radius 1 is 1.46 bits per heavy atom. The Balaban J connectivity index is 2.75. The molecule has 2 heterocycles. The smallest absolute Gasteiger partial charge is 0.173 e. The quantitative estimate of drug-likeness (QED) is 0.722. The molecule has 0 aliphatic rings. The first-order valence-electron chi connectivity index (χ1n) is 3.87. The zero-order valence-electron chi connectivity index (χ0n) is 7.48. The van der Waals surface area contributed by atoms with Crippen LogP contribution in [0.15, 0.2) is 12.1 Å². The van der Waals surface area contributed by atoms with Gasteiger partial charge in [-0.2, -0.15) is 0 Å². The van der Waals surface area contributed by atoms with E-state index in [-0.39, 0.29) is 0 Å². The van der Waals surface area contributed by atoms with E-state index >= 15 is 0 Å². The molecule has 0 aromatic carbocycles. The maximum Gasteiger partial charge on any atom is 0.173 e. The number of nitrogens with two attached hydrogens (primary N) is 1. The van der Waals surface area contributed by atoms with Gasteiger partial charge in [-0.3, -0.25) is 0 Å². The molecular weight excluding hydrogens is 186 g/mol. The molecule has 0 saturated carbocycles. The number of nitrogens with zero attached hydrogens (tertiary/aromatic N) is 2. The van der Waals surface area contributed by atoms with E-state index < -0.39 is 0 Å². The Labute approximate surface area is 79.8 Å². The topological polar surface area (TPSA) is 54.4 Å². The molecule has 2 rings (SSSR count). The summed E-state index contributed by atoms with van der Waals surface area (Å²) in [6.45, 7) is 0. The molecule has 0 fully saturated rings. The third-order valence-electron chi connectivity index (χ3n) is 1.88. The molecule has 4 nitrogen and oxygen atoms in total. The SMILES string of the molecule is CN(C)n1c(N)cc2sc(O)cc21. The van der Waals surface area contributed by atoms with E-state index in [9.17, 15) is 5.11 Å². The van der Waals surface area contributed by atoms with Crippen molar-refractivity contribution in [2.75, 3.05) is 24.8 Å². The first kappa shape index (κ1) is 8.25. The number of thiophene rings is 1. The van der Waals surface area contributed by atoms with Crippen LogP contribution in [-0.4, -0.2) is 23.9 Å². The summed E-state index contributed by atoms with van der Waals surface area (Å²) in [6.07, 6.45) is 0. The summed E-state index contributed by atoms with van der Waals surface area (Å²) in [6, 6.07) is 3.58. The fraction of sp³-hybridized carbons (Fsp3) is 0.250. The van der Waals surface area contributed by atoms with Crippen LogP contribution in [0.5, 0.6) is 5.06 Å². The Hall–Kier alpha value is -1.36. The summed E-state index contributed by atoms with van der Waals surface area (Å²) >= 11 is 1.33. The van der Waals surface area contributed by atoms with Crippen molar-refractivity contribution < 1.29 is 5.11 Å². The zero-order chi connectivity index (χ0) is 9.59. The van der Waals surface area contributed by atoms with E-state index in [2.05, 4.69) is 0 Å². The number of anilines is 1. The molecule has 2 aromatic rings. The molecule has 0 unspecified atom stereocenters. The molecule has 0 saturated heterocycles. The molecule has 0 bridgehead atoms. The normalized spacial score (nSPS) is 10.9. The summed E-state index contributed by atoms with van der Waals surface area (Å²) in [5, 5.41) is 11.5. The first-order chi connectivity index (χ1) is 6.09. The summed E-state index contributed by atoms with van der Waals surface area (Å²) in [7, 11) is 3.81. The van der Waals surface area contributed by atoms with Crippen molar-refractivity contribution in [1.82, 2.24) is 4.68 Å². The van der Waals surface area contributed by atoms with E-state index in [1.165, 1.54) is 11.3 Å². The second-order valence-electron chi connectivity index (χ2n) is 3.06. The average Bonchev–Trinajstić information content (AvgIpc) is 2.41. The Morgan fingerprint density at radius 2 is 2.15 bits per heavy atom. The fourth-order valence-corrected chi connectivity index (χ4v) is 2.26. The van der Waals surface area contributed by atoms with E-state index in [0.29, 0.717) is 10.9 Å². The molecular formula is C8H11N3OS. The maximum absolute atomic E-state index is 9.29. The highest BCUT2D eigenvalue weighted by Crippen LogP contribution is 2.33. The van der Waals surface area contributed by atoms with Crippen LogP contribution in [0.2, 0.25) is 0 Å². The molecule has 13 heavy (non-hydrogen) atoms. The van der Waals surface area contributed by atoms with E-state index in [4.69, 9.17) is 5.73 Å². The number of nitrogen functional groups attached to an aromatic ring is 1. The molecule has 2 aromatic heterocycles. The van der Waals surface area contributed by atoms with Gasteiger partial charge in [0.1, 0.15) is 5.82 Å². The molecule has 0 atom stereocenters. The van der Waals surface area contributed by atoms with Gasteiger partial charge in [-0.1, -0.05) is 11.3 Å². The van der Waals surface area contributed by atoms with E-state index in [1.54, 1.807) is 6.07 Å². The van der Waals surface area contributed by atoms with Crippen molar-refractivity contribution in [1.29, 1.82) is 0 Å². The van der Waals surface area contributed by atoms with Gasteiger partial charge in [0, 0.05) is 20.2 Å². The van der Waals surface area contributed by atoms with Gasteiger partial charge in [0.15, 0.2) is 5.06 Å². The summed E-state index contributed by atoms with van der Waals surface area (Å²) in [5.74, 6) is 0.686. The van der Waals surface area contributed by atoms with Gasteiger partial charge in [-0.15, -0.1) is 0 Å². The Morgan fingerprint density at radius 3 is 2.77 bits per heavy atom. The molecule has 0 radical (unpaired) electrons. The summed E-state index contributed by atoms with van der Waals surface area (Å²) in [5.41, 5.74) is 6.74. The monoisotopic (exact) mass is 197 g/mol. The van der Waals surface area contributed by atoms with Gasteiger partial charge in [0.25, 0.3) is 0 Å². The minimum atomic E-state index is 0.320. The Kier molecular flexibility index (Phi) is 1.63. The highest BCUT2D eigenvalue weighted by molar-refractivity contribution is 7.20. The molecule has 0 spiro atoms. The minimum absolute atomic E-state index is 0.320. The third kappa shape index (κ3) is 1.12. The van der Waals surface area contributed by atoms with Gasteiger partial charge < -0.3 is 15.8 Å². The van der Waals surface area contributed by atoms with Crippen LogP contribution >= 0.6 is 11.3 Å². The molecule has 0 aliphatic carbocycles. The average molecular weight is 197 g/mol. The van der Waals surface area contributed by atoms with Crippen LogP contribution in [0.1, 0.15) is 0 Å². The predicted molar refractivity (Wildman–Crippen MR) is 56.0 cm³/mol. The number of hydrogen-bond acceptors (Lipinski definition) is 4. The van der Waals surface area contributed by atoms with Crippen molar-refractivity contribution >= 4 is 27.4 Å². The number of aromatic hydroxyl groups is 1. The zero-order valence-corrected chi connectivity index (χ0v) is 8.30. The second-order valence-corrected chi connectivity index (χ2v) is 4.12. The first-order valence-corrected chi connectivity index (χ1v) is 4.68. The summed E-state index contributed by atoms with van der Waals surface area (Å²) in [4.78, 5) is 0. The van der Waals surface area contributed by atoms with Crippen LogP contribution in [-0.2, 0) is 0 Å². The lowest BCUT2D eigenvalue weighted by molar-refractivity contribution is 0.491. The highest BCUT2D eigenvalue weighted by Gasteiger charge is 2.10. The van der Waals surface area contributed by atoms with Crippen LogP contribution in [0.3, 0.4) is 0 Å². The second kappa shape index (κ2) is 2.56. The van der Waals surface area contributed by atoms with Gasteiger partial charge in [-0.05, 0) is 6.07 Å². The van der Waals surface area contributed by atoms with Crippen LogP contribution in [0.25, 0.3) is 10.2 Å². The van der Waals surface area contributed by atoms with Crippen molar-refractivity contribution in [2.45, 2.75) is 0 Å². The van der Waals surface area contributed by atoms with Gasteiger partial charge in [-0.25, -0.2) is 4.68 Å². The van der Waals surface area contributed by atoms with Gasteiger partial charge in [0.05, 0.1) is 10.2 Å². The summed E-state index contributed by atoms with van der Waals surface area (Å²) < 4.78 is 2.86. The number of fused-ring (bicyclic) bond motifs is 1. The van der Waals surface area contributed by atoms with Crippen molar-refractivity contribution in [3.63, 3.8) is 0 Å². The van der Waals surface area contributed by atoms with Gasteiger partial charge in [0.2, 0.25) is 0 Å². The minimum Gasteiger partial charge on any atom is -0.499 e. The lowest BCUT2D eigenvalue weighted by atomic mass is 10.5. The van der Waals surface area contributed by atoms with Gasteiger partial charge >= 0.3 is 0 Å². The van der Waals surface area contributed by atoms with Crippen LogP contribution in [0, 0.1) is 0 Å². The Bertz CT molecular complexity index is 443. The number of hydrogen-bond donors (Lipinski definition) is 2. The largest absolute Gasteiger partial charge is 0.499 e. The lowest BCUT2D eigenvalue weighted by Gasteiger charge is -2.16. The number of rotatable bonds is 1. The standard InChI is InChI=1S/C8H11N3OS/c1-10(2)11-5-3-8(12)13-6(5)4-7(11)9/h3-4,12H,9H2,1-2H3. The van der Waals surface area contributed by atoms with E-state index in [0.717, 1.165) is 10.2 Å². The number of aromatic nitrogens is 1. The third-order valence-corrected chi connectivity index (χ3v) is 2.75. The molecule has 5 heteroatoms.